The Morgan fingerprint density at radius 3 is 2.79 bits per heavy atom. The average molecular weight is 390 g/mol. The van der Waals surface area contributed by atoms with E-state index in [4.69, 9.17) is 9.84 Å². The normalized spacial score (nSPS) is 15.3. The lowest BCUT2D eigenvalue weighted by atomic mass is 10.0. The van der Waals surface area contributed by atoms with Crippen LogP contribution in [0.2, 0.25) is 0 Å². The van der Waals surface area contributed by atoms with Gasteiger partial charge in [-0.2, -0.15) is 5.10 Å². The van der Waals surface area contributed by atoms with Crippen LogP contribution in [0.5, 0.6) is 0 Å². The molecule has 4 rings (SSSR count). The number of aromatic nitrogens is 2. The Hall–Kier alpha value is -2.99. The fourth-order valence-corrected chi connectivity index (χ4v) is 3.82. The van der Waals surface area contributed by atoms with E-state index >= 15 is 0 Å². The molecule has 6 nitrogen and oxygen atoms in total. The largest absolute Gasteiger partial charge is 0.385 e. The molecule has 0 saturated heterocycles. The van der Waals surface area contributed by atoms with E-state index in [1.807, 2.05) is 24.3 Å². The van der Waals surface area contributed by atoms with Crippen LogP contribution in [0, 0.1) is 0 Å². The van der Waals surface area contributed by atoms with Gasteiger partial charge in [0.2, 0.25) is 5.95 Å². The second-order valence-corrected chi connectivity index (χ2v) is 7.29. The number of methoxy groups -OCH3 is 1. The van der Waals surface area contributed by atoms with Gasteiger partial charge >= 0.3 is 0 Å². The first-order valence-corrected chi connectivity index (χ1v) is 10.2. The number of nitrogens with zero attached hydrogens (tertiary/aromatic N) is 3. The molecular formula is C23H26N4O2. The summed E-state index contributed by atoms with van der Waals surface area (Å²) in [6.45, 7) is 1.11. The summed E-state index contributed by atoms with van der Waals surface area (Å²) in [5.41, 5.74) is 7.25. The first-order chi connectivity index (χ1) is 14.3. The maximum atomic E-state index is 13.0. The van der Waals surface area contributed by atoms with Crippen molar-refractivity contribution in [2.45, 2.75) is 38.6 Å². The van der Waals surface area contributed by atoms with Crippen molar-refractivity contribution in [2.24, 2.45) is 5.10 Å². The van der Waals surface area contributed by atoms with Crippen LogP contribution in [-0.2, 0) is 17.7 Å². The molecule has 150 valence electrons. The first-order valence-electron chi connectivity index (χ1n) is 10.2. The Bertz CT molecular complexity index is 1090. The molecule has 2 aromatic carbocycles. The predicted octanol–water partition coefficient (Wildman–Crippen LogP) is 3.98. The number of anilines is 1. The molecule has 6 heteroatoms. The molecule has 0 fully saturated rings. The zero-order chi connectivity index (χ0) is 20.1. The molecule has 0 unspecified atom stereocenters. The maximum Gasteiger partial charge on any atom is 0.262 e. The summed E-state index contributed by atoms with van der Waals surface area (Å²) in [5, 5.41) is 5.32. The third-order valence-corrected chi connectivity index (χ3v) is 5.32. The van der Waals surface area contributed by atoms with E-state index in [0.29, 0.717) is 30.0 Å². The highest BCUT2D eigenvalue weighted by Gasteiger charge is 2.15. The third kappa shape index (κ3) is 4.22. The molecule has 1 aliphatic carbocycles. The minimum Gasteiger partial charge on any atom is -0.385 e. The van der Waals surface area contributed by atoms with Crippen LogP contribution >= 0.6 is 0 Å². The second-order valence-electron chi connectivity index (χ2n) is 7.29. The van der Waals surface area contributed by atoms with Gasteiger partial charge in [-0.25, -0.2) is 10.4 Å². The van der Waals surface area contributed by atoms with E-state index in [9.17, 15) is 4.79 Å². The van der Waals surface area contributed by atoms with E-state index in [2.05, 4.69) is 34.7 Å². The lowest BCUT2D eigenvalue weighted by Crippen LogP contribution is -2.25. The van der Waals surface area contributed by atoms with Gasteiger partial charge in [0.1, 0.15) is 0 Å². The monoisotopic (exact) mass is 390 g/mol. The summed E-state index contributed by atoms with van der Waals surface area (Å²) in [5.74, 6) is 0.471. The topological polar surface area (TPSA) is 68.5 Å². The lowest BCUT2D eigenvalue weighted by Gasteiger charge is -2.14. The van der Waals surface area contributed by atoms with Crippen LogP contribution in [0.15, 0.2) is 58.4 Å². The second kappa shape index (κ2) is 9.01. The molecular weight excluding hydrogens is 364 g/mol. The summed E-state index contributed by atoms with van der Waals surface area (Å²) < 4.78 is 6.82. The van der Waals surface area contributed by atoms with E-state index < -0.39 is 0 Å². The summed E-state index contributed by atoms with van der Waals surface area (Å²) >= 11 is 0. The molecule has 1 aromatic heterocycles. The number of aryl methyl sites for hydroxylation is 1. The van der Waals surface area contributed by atoms with Gasteiger partial charge in [0, 0.05) is 25.8 Å². The molecule has 1 N–H and O–H groups in total. The van der Waals surface area contributed by atoms with Gasteiger partial charge in [-0.15, -0.1) is 0 Å². The van der Waals surface area contributed by atoms with E-state index in [1.165, 1.54) is 11.1 Å². The quantitative estimate of drug-likeness (QED) is 0.393. The highest BCUT2D eigenvalue weighted by Crippen LogP contribution is 2.21. The van der Waals surface area contributed by atoms with Crippen LogP contribution < -0.4 is 11.0 Å². The minimum atomic E-state index is -0.0596. The van der Waals surface area contributed by atoms with Gasteiger partial charge in [0.05, 0.1) is 16.6 Å². The van der Waals surface area contributed by atoms with Gasteiger partial charge in [-0.05, 0) is 49.8 Å². The third-order valence-electron chi connectivity index (χ3n) is 5.32. The number of hydrogen-bond acceptors (Lipinski definition) is 5. The molecule has 0 amide bonds. The van der Waals surface area contributed by atoms with E-state index in [-0.39, 0.29) is 5.56 Å². The Kier molecular flexibility index (Phi) is 6.00. The zero-order valence-corrected chi connectivity index (χ0v) is 16.7. The van der Waals surface area contributed by atoms with E-state index in [1.54, 1.807) is 11.7 Å². The predicted molar refractivity (Wildman–Crippen MR) is 117 cm³/mol. The van der Waals surface area contributed by atoms with Crippen molar-refractivity contribution >= 4 is 22.6 Å². The number of nitrogens with one attached hydrogen (secondary N) is 1. The molecule has 0 aliphatic heterocycles. The summed E-state index contributed by atoms with van der Waals surface area (Å²) in [4.78, 5) is 17.7. The van der Waals surface area contributed by atoms with Gasteiger partial charge in [-0.1, -0.05) is 36.4 Å². The van der Waals surface area contributed by atoms with Gasteiger partial charge in [0.15, 0.2) is 0 Å². The Morgan fingerprint density at radius 1 is 1.10 bits per heavy atom. The van der Waals surface area contributed by atoms with E-state index in [0.717, 1.165) is 37.8 Å². The fraction of sp³-hybridized carbons (Fsp3) is 0.348. The van der Waals surface area contributed by atoms with Crippen LogP contribution in [0.4, 0.5) is 5.95 Å². The van der Waals surface area contributed by atoms with Crippen molar-refractivity contribution < 1.29 is 4.74 Å². The molecule has 29 heavy (non-hydrogen) atoms. The summed E-state index contributed by atoms with van der Waals surface area (Å²) in [7, 11) is 1.66. The summed E-state index contributed by atoms with van der Waals surface area (Å²) in [6, 6.07) is 15.8. The highest BCUT2D eigenvalue weighted by atomic mass is 16.5. The van der Waals surface area contributed by atoms with Gasteiger partial charge in [0.25, 0.3) is 5.56 Å². The minimum absolute atomic E-state index is 0.0596. The number of benzene rings is 2. The van der Waals surface area contributed by atoms with Crippen molar-refractivity contribution in [3.63, 3.8) is 0 Å². The first kappa shape index (κ1) is 19.3. The smallest absolute Gasteiger partial charge is 0.262 e. The Balaban J connectivity index is 1.72. The lowest BCUT2D eigenvalue weighted by molar-refractivity contribution is 0.190. The summed E-state index contributed by atoms with van der Waals surface area (Å²) in [6.07, 6.45) is 4.97. The van der Waals surface area contributed by atoms with Gasteiger partial charge in [-0.3, -0.25) is 9.36 Å². The Morgan fingerprint density at radius 2 is 1.90 bits per heavy atom. The van der Waals surface area contributed by atoms with Crippen molar-refractivity contribution in [2.75, 3.05) is 19.1 Å². The number of rotatable bonds is 6. The zero-order valence-electron chi connectivity index (χ0n) is 16.7. The standard InChI is InChI=1S/C23H26N4O2/c1-29-16-8-15-27-22(28)19-12-5-7-13-20(19)24-23(27)26-25-21-14-6-3-10-17-9-2-4-11-18(17)21/h2,4-5,7,9,11-13H,3,6,8,10,14-16H2,1H3,(H,24,26)/b25-21-. The van der Waals surface area contributed by atoms with Crippen LogP contribution in [0.1, 0.15) is 36.8 Å². The average Bonchev–Trinajstić information content (AvgIpc) is 2.96. The molecule has 0 atom stereocenters. The number of hydrazone groups is 1. The van der Waals surface area contributed by atoms with Crippen molar-refractivity contribution in [1.82, 2.24) is 9.55 Å². The molecule has 1 aliphatic rings. The number of fused-ring (bicyclic) bond motifs is 2. The van der Waals surface area contributed by atoms with Crippen LogP contribution in [0.25, 0.3) is 10.9 Å². The highest BCUT2D eigenvalue weighted by molar-refractivity contribution is 6.02. The molecule has 0 saturated carbocycles. The SMILES string of the molecule is COCCCn1c(N/N=C2/CCCCc3ccccc32)nc2ccccc2c1=O. The van der Waals surface area contributed by atoms with Crippen LogP contribution in [0.3, 0.4) is 0 Å². The molecule has 0 bridgehead atoms. The molecule has 0 spiro atoms. The number of ether oxygens (including phenoxy) is 1. The van der Waals surface area contributed by atoms with Gasteiger partial charge < -0.3 is 4.74 Å². The fourth-order valence-electron chi connectivity index (χ4n) is 3.82. The van der Waals surface area contributed by atoms with Crippen molar-refractivity contribution in [3.8, 4) is 0 Å². The Labute approximate surface area is 170 Å². The number of hydrogen-bond donors (Lipinski definition) is 1. The van der Waals surface area contributed by atoms with Crippen LogP contribution in [-0.4, -0.2) is 29.0 Å². The number of para-hydroxylation sites is 1. The van der Waals surface area contributed by atoms with Crippen molar-refractivity contribution in [3.05, 3.63) is 70.0 Å². The molecule has 3 aromatic rings. The molecule has 1 heterocycles. The maximum absolute atomic E-state index is 13.0. The van der Waals surface area contributed by atoms with Crippen molar-refractivity contribution in [1.29, 1.82) is 0 Å². The molecule has 0 radical (unpaired) electrons.